The first-order valence-corrected chi connectivity index (χ1v) is 6.53. The number of nitrogens with zero attached hydrogens (tertiary/aromatic N) is 2. The lowest BCUT2D eigenvalue weighted by molar-refractivity contribution is 0.544. The summed E-state index contributed by atoms with van der Waals surface area (Å²) in [6, 6.07) is 2.68. The van der Waals surface area contributed by atoms with Crippen molar-refractivity contribution in [3.05, 3.63) is 23.3 Å². The molecule has 1 fully saturated rings. The van der Waals surface area contributed by atoms with Gasteiger partial charge in [-0.15, -0.1) is 0 Å². The average Bonchev–Trinajstić information content (AvgIpc) is 2.68. The zero-order valence-corrected chi connectivity index (χ0v) is 11.4. The number of aryl methyl sites for hydroxylation is 1. The molecule has 0 radical (unpaired) electrons. The van der Waals surface area contributed by atoms with E-state index < -0.39 is 0 Å². The van der Waals surface area contributed by atoms with Crippen molar-refractivity contribution in [1.82, 2.24) is 15.3 Å². The number of hydrogen-bond acceptors (Lipinski definition) is 3. The van der Waals surface area contributed by atoms with Gasteiger partial charge in [-0.05, 0) is 32.4 Å². The Balaban J connectivity index is 2.19. The molecule has 3 nitrogen and oxygen atoms in total. The van der Waals surface area contributed by atoms with E-state index in [9.17, 15) is 0 Å². The summed E-state index contributed by atoms with van der Waals surface area (Å²) >= 11 is 0. The van der Waals surface area contributed by atoms with Crippen molar-refractivity contribution in [2.45, 2.75) is 58.4 Å². The molecule has 1 aromatic heterocycles. The Kier molecular flexibility index (Phi) is 3.48. The summed E-state index contributed by atoms with van der Waals surface area (Å²) < 4.78 is 0. The van der Waals surface area contributed by atoms with Crippen molar-refractivity contribution in [3.63, 3.8) is 0 Å². The van der Waals surface area contributed by atoms with Crippen LogP contribution in [0.4, 0.5) is 0 Å². The summed E-state index contributed by atoms with van der Waals surface area (Å²) in [7, 11) is 0. The topological polar surface area (TPSA) is 37.8 Å². The maximum atomic E-state index is 4.72. The number of aromatic nitrogens is 2. The quantitative estimate of drug-likeness (QED) is 0.852. The predicted octanol–water partition coefficient (Wildman–Crippen LogP) is 2.38. The highest BCUT2D eigenvalue weighted by Gasteiger charge is 2.20. The lowest BCUT2D eigenvalue weighted by Gasteiger charge is -2.19. The molecule has 0 aromatic carbocycles. The molecule has 1 N–H and O–H groups in total. The number of nitrogens with one attached hydrogen (secondary N) is 1. The summed E-state index contributed by atoms with van der Waals surface area (Å²) in [4.78, 5) is 9.28. The maximum Gasteiger partial charge on any atom is 0.130 e. The average molecular weight is 233 g/mol. The van der Waals surface area contributed by atoms with Gasteiger partial charge in [-0.1, -0.05) is 20.8 Å². The zero-order chi connectivity index (χ0) is 12.5. The van der Waals surface area contributed by atoms with Crippen molar-refractivity contribution in [1.29, 1.82) is 0 Å². The van der Waals surface area contributed by atoms with Gasteiger partial charge in [0.25, 0.3) is 0 Å². The lowest BCUT2D eigenvalue weighted by Crippen LogP contribution is -2.25. The smallest absolute Gasteiger partial charge is 0.130 e. The van der Waals surface area contributed by atoms with Gasteiger partial charge >= 0.3 is 0 Å². The molecular formula is C14H23N3. The van der Waals surface area contributed by atoms with Crippen molar-refractivity contribution < 1.29 is 0 Å². The first-order valence-electron chi connectivity index (χ1n) is 6.53. The van der Waals surface area contributed by atoms with E-state index in [2.05, 4.69) is 44.1 Å². The highest BCUT2D eigenvalue weighted by molar-refractivity contribution is 5.17. The summed E-state index contributed by atoms with van der Waals surface area (Å²) in [5.74, 6) is 0.995. The van der Waals surface area contributed by atoms with Crippen LogP contribution in [0.2, 0.25) is 0 Å². The van der Waals surface area contributed by atoms with Crippen LogP contribution in [0.5, 0.6) is 0 Å². The van der Waals surface area contributed by atoms with Crippen LogP contribution in [-0.4, -0.2) is 22.6 Å². The summed E-state index contributed by atoms with van der Waals surface area (Å²) in [6.45, 7) is 9.80. The van der Waals surface area contributed by atoms with E-state index in [4.69, 9.17) is 4.98 Å². The second kappa shape index (κ2) is 4.73. The van der Waals surface area contributed by atoms with Crippen LogP contribution < -0.4 is 5.32 Å². The van der Waals surface area contributed by atoms with Gasteiger partial charge in [-0.25, -0.2) is 9.97 Å². The normalized spacial score (nSPS) is 20.8. The summed E-state index contributed by atoms with van der Waals surface area (Å²) in [5.41, 5.74) is 2.34. The molecule has 1 unspecified atom stereocenters. The standard InChI is InChI=1S/C14H23N3/c1-10-8-12(14(2,3)4)17-13(16-10)9-11-6-5-7-15-11/h8,11,15H,5-7,9H2,1-4H3. The fourth-order valence-corrected chi connectivity index (χ4v) is 2.26. The largest absolute Gasteiger partial charge is 0.314 e. The lowest BCUT2D eigenvalue weighted by atomic mass is 9.91. The molecule has 2 heterocycles. The maximum absolute atomic E-state index is 4.72. The molecule has 0 spiro atoms. The minimum atomic E-state index is 0.103. The number of rotatable bonds is 2. The van der Waals surface area contributed by atoms with E-state index >= 15 is 0 Å². The van der Waals surface area contributed by atoms with Gasteiger partial charge in [0.15, 0.2) is 0 Å². The van der Waals surface area contributed by atoms with Crippen LogP contribution in [0.3, 0.4) is 0 Å². The van der Waals surface area contributed by atoms with Gasteiger partial charge in [0.05, 0.1) is 0 Å². The van der Waals surface area contributed by atoms with Crippen molar-refractivity contribution in [2.75, 3.05) is 6.54 Å². The Morgan fingerprint density at radius 3 is 2.71 bits per heavy atom. The molecule has 3 heteroatoms. The van der Waals surface area contributed by atoms with Gasteiger partial charge in [0, 0.05) is 29.3 Å². The van der Waals surface area contributed by atoms with Crippen LogP contribution in [0, 0.1) is 6.92 Å². The predicted molar refractivity (Wildman–Crippen MR) is 70.2 cm³/mol. The van der Waals surface area contributed by atoms with E-state index in [1.165, 1.54) is 12.8 Å². The van der Waals surface area contributed by atoms with Gasteiger partial charge in [0.1, 0.15) is 5.82 Å². The van der Waals surface area contributed by atoms with Gasteiger partial charge in [0.2, 0.25) is 0 Å². The van der Waals surface area contributed by atoms with Crippen molar-refractivity contribution >= 4 is 0 Å². The van der Waals surface area contributed by atoms with Gasteiger partial charge < -0.3 is 5.32 Å². The molecule has 94 valence electrons. The van der Waals surface area contributed by atoms with E-state index in [0.717, 1.165) is 30.2 Å². The third-order valence-electron chi connectivity index (χ3n) is 3.26. The minimum Gasteiger partial charge on any atom is -0.314 e. The highest BCUT2D eigenvalue weighted by Crippen LogP contribution is 2.21. The fourth-order valence-electron chi connectivity index (χ4n) is 2.26. The second-order valence-corrected chi connectivity index (χ2v) is 6.06. The van der Waals surface area contributed by atoms with Crippen LogP contribution in [0.1, 0.15) is 50.8 Å². The molecule has 2 rings (SSSR count). The molecule has 1 atom stereocenters. The third-order valence-corrected chi connectivity index (χ3v) is 3.26. The van der Waals surface area contributed by atoms with Crippen LogP contribution >= 0.6 is 0 Å². The molecule has 1 aliphatic rings. The van der Waals surface area contributed by atoms with E-state index in [-0.39, 0.29) is 5.41 Å². The Bertz CT molecular complexity index is 387. The van der Waals surface area contributed by atoms with Gasteiger partial charge in [-0.3, -0.25) is 0 Å². The highest BCUT2D eigenvalue weighted by atomic mass is 15.0. The molecule has 0 saturated carbocycles. The Morgan fingerprint density at radius 1 is 1.35 bits per heavy atom. The summed E-state index contributed by atoms with van der Waals surface area (Å²) in [5, 5.41) is 3.50. The Morgan fingerprint density at radius 2 is 2.12 bits per heavy atom. The molecule has 0 bridgehead atoms. The first-order chi connectivity index (χ1) is 7.95. The van der Waals surface area contributed by atoms with Gasteiger partial charge in [-0.2, -0.15) is 0 Å². The zero-order valence-electron chi connectivity index (χ0n) is 11.4. The van der Waals surface area contributed by atoms with E-state index in [1.54, 1.807) is 0 Å². The monoisotopic (exact) mass is 233 g/mol. The van der Waals surface area contributed by atoms with E-state index in [1.807, 2.05) is 0 Å². The first kappa shape index (κ1) is 12.5. The molecule has 1 saturated heterocycles. The second-order valence-electron chi connectivity index (χ2n) is 6.06. The molecule has 0 amide bonds. The molecule has 0 aliphatic carbocycles. The SMILES string of the molecule is Cc1cc(C(C)(C)C)nc(CC2CCCN2)n1. The van der Waals surface area contributed by atoms with Crippen molar-refractivity contribution in [3.8, 4) is 0 Å². The van der Waals surface area contributed by atoms with Crippen LogP contribution in [0.15, 0.2) is 6.07 Å². The molecular weight excluding hydrogens is 210 g/mol. The van der Waals surface area contributed by atoms with Crippen LogP contribution in [-0.2, 0) is 11.8 Å². The molecule has 17 heavy (non-hydrogen) atoms. The molecule has 1 aliphatic heterocycles. The van der Waals surface area contributed by atoms with Crippen LogP contribution in [0.25, 0.3) is 0 Å². The minimum absolute atomic E-state index is 0.103. The Labute approximate surface area is 104 Å². The summed E-state index contributed by atoms with van der Waals surface area (Å²) in [6.07, 6.45) is 3.50. The number of hydrogen-bond donors (Lipinski definition) is 1. The molecule has 1 aromatic rings. The Hall–Kier alpha value is -0.960. The fraction of sp³-hybridized carbons (Fsp3) is 0.714. The van der Waals surface area contributed by atoms with Crippen molar-refractivity contribution in [2.24, 2.45) is 0 Å². The van der Waals surface area contributed by atoms with E-state index in [0.29, 0.717) is 6.04 Å². The third kappa shape index (κ3) is 3.25.